The molecular weight excluding hydrogens is 281 g/mol. The zero-order chi connectivity index (χ0) is 15.3. The van der Waals surface area contributed by atoms with E-state index in [4.69, 9.17) is 4.74 Å². The maximum atomic E-state index is 12.7. The van der Waals surface area contributed by atoms with Crippen LogP contribution in [0, 0.1) is 0 Å². The maximum Gasteiger partial charge on any atom is 0.416 e. The maximum absolute atomic E-state index is 12.7. The normalized spacial score (nSPS) is 11.4. The zero-order valence-electron chi connectivity index (χ0n) is 11.5. The van der Waals surface area contributed by atoms with E-state index in [0.29, 0.717) is 18.1 Å². The molecule has 0 amide bonds. The highest BCUT2D eigenvalue weighted by Crippen LogP contribution is 2.31. The molecule has 0 aliphatic heterocycles. The predicted molar refractivity (Wildman–Crippen MR) is 72.9 cm³/mol. The largest absolute Gasteiger partial charge is 0.478 e. The lowest BCUT2D eigenvalue weighted by Crippen LogP contribution is -2.05. The van der Waals surface area contributed by atoms with Crippen LogP contribution in [0.15, 0.2) is 36.5 Å². The smallest absolute Gasteiger partial charge is 0.416 e. The molecule has 21 heavy (non-hydrogen) atoms. The molecule has 0 radical (unpaired) electrons. The summed E-state index contributed by atoms with van der Waals surface area (Å²) in [7, 11) is 0. The number of ether oxygens (including phenoxy) is 1. The van der Waals surface area contributed by atoms with Crippen LogP contribution in [0.1, 0.15) is 25.3 Å². The van der Waals surface area contributed by atoms with Crippen molar-refractivity contribution >= 4 is 0 Å². The van der Waals surface area contributed by atoms with Crippen LogP contribution in [-0.2, 0) is 6.18 Å². The van der Waals surface area contributed by atoms with Crippen LogP contribution in [0.3, 0.4) is 0 Å². The molecule has 0 spiro atoms. The third-order valence-corrected chi connectivity index (χ3v) is 2.83. The molecule has 0 fully saturated rings. The minimum absolute atomic E-state index is 0.218. The van der Waals surface area contributed by atoms with Crippen LogP contribution in [0.25, 0.3) is 11.4 Å². The summed E-state index contributed by atoms with van der Waals surface area (Å²) in [5.41, 5.74) is -0.410. The van der Waals surface area contributed by atoms with Crippen molar-refractivity contribution in [2.24, 2.45) is 0 Å². The highest BCUT2D eigenvalue weighted by Gasteiger charge is 2.30. The molecule has 2 aromatic rings. The van der Waals surface area contributed by atoms with Crippen LogP contribution in [0.5, 0.6) is 5.88 Å². The summed E-state index contributed by atoms with van der Waals surface area (Å²) in [6.07, 6.45) is -1.02. The molecule has 1 aromatic heterocycles. The third-order valence-electron chi connectivity index (χ3n) is 2.83. The van der Waals surface area contributed by atoms with Gasteiger partial charge in [0.2, 0.25) is 5.88 Å². The van der Waals surface area contributed by atoms with E-state index in [2.05, 4.69) is 9.97 Å². The Balaban J connectivity index is 2.24. The fraction of sp³-hybridized carbons (Fsp3) is 0.333. The van der Waals surface area contributed by atoms with Crippen LogP contribution in [0.2, 0.25) is 0 Å². The Morgan fingerprint density at radius 1 is 1.19 bits per heavy atom. The van der Waals surface area contributed by atoms with Crippen LogP contribution < -0.4 is 4.74 Å². The van der Waals surface area contributed by atoms with Gasteiger partial charge in [-0.2, -0.15) is 18.2 Å². The van der Waals surface area contributed by atoms with Crippen molar-refractivity contribution in [3.63, 3.8) is 0 Å². The van der Waals surface area contributed by atoms with E-state index in [-0.39, 0.29) is 5.82 Å². The molecule has 112 valence electrons. The van der Waals surface area contributed by atoms with Crippen LogP contribution in [-0.4, -0.2) is 16.6 Å². The molecule has 0 unspecified atom stereocenters. The van der Waals surface area contributed by atoms with Crippen molar-refractivity contribution in [2.45, 2.75) is 25.9 Å². The molecule has 0 aliphatic carbocycles. The summed E-state index contributed by atoms with van der Waals surface area (Å²) in [6.45, 7) is 2.56. The quantitative estimate of drug-likeness (QED) is 0.770. The Bertz CT molecular complexity index is 599. The standard InChI is InChI=1S/C15H15F3N2O/c1-2-3-9-21-13-7-8-19-14(20-13)11-5-4-6-12(10-11)15(16,17)18/h4-8,10H,2-3,9H2,1H3. The molecule has 6 heteroatoms. The molecule has 0 aliphatic rings. The molecule has 1 aromatic carbocycles. The number of nitrogens with zero attached hydrogens (tertiary/aromatic N) is 2. The average molecular weight is 296 g/mol. The second-order valence-electron chi connectivity index (χ2n) is 4.50. The van der Waals surface area contributed by atoms with Crippen molar-refractivity contribution in [3.8, 4) is 17.3 Å². The molecular formula is C15H15F3N2O. The first-order valence-electron chi connectivity index (χ1n) is 6.64. The van der Waals surface area contributed by atoms with Gasteiger partial charge in [0.1, 0.15) is 0 Å². The van der Waals surface area contributed by atoms with Gasteiger partial charge in [0.15, 0.2) is 5.82 Å². The lowest BCUT2D eigenvalue weighted by molar-refractivity contribution is -0.137. The Kier molecular flexibility index (Phi) is 4.77. The molecule has 3 nitrogen and oxygen atoms in total. The van der Waals surface area contributed by atoms with Crippen LogP contribution >= 0.6 is 0 Å². The van der Waals surface area contributed by atoms with Crippen LogP contribution in [0.4, 0.5) is 13.2 Å². The summed E-state index contributed by atoms with van der Waals surface area (Å²) in [4.78, 5) is 8.14. The molecule has 0 bridgehead atoms. The van der Waals surface area contributed by atoms with Gasteiger partial charge in [0.05, 0.1) is 12.2 Å². The second kappa shape index (κ2) is 6.56. The van der Waals surface area contributed by atoms with E-state index in [1.807, 2.05) is 6.92 Å². The minimum atomic E-state index is -4.38. The minimum Gasteiger partial charge on any atom is -0.478 e. The molecule has 0 N–H and O–H groups in total. The van der Waals surface area contributed by atoms with Gasteiger partial charge in [-0.25, -0.2) is 4.98 Å². The first kappa shape index (κ1) is 15.3. The fourth-order valence-corrected chi connectivity index (χ4v) is 1.72. The van der Waals surface area contributed by atoms with Gasteiger partial charge in [0, 0.05) is 17.8 Å². The Morgan fingerprint density at radius 3 is 2.71 bits per heavy atom. The number of halogens is 3. The number of alkyl halides is 3. The summed E-state index contributed by atoms with van der Waals surface area (Å²) in [5, 5.41) is 0. The predicted octanol–water partition coefficient (Wildman–Crippen LogP) is 4.34. The Morgan fingerprint density at radius 2 is 2.00 bits per heavy atom. The topological polar surface area (TPSA) is 35.0 Å². The highest BCUT2D eigenvalue weighted by molar-refractivity contribution is 5.56. The van der Waals surface area contributed by atoms with Gasteiger partial charge in [-0.05, 0) is 18.6 Å². The SMILES string of the molecule is CCCCOc1ccnc(-c2cccc(C(F)(F)F)c2)n1. The number of benzene rings is 1. The third kappa shape index (κ3) is 4.18. The van der Waals surface area contributed by atoms with E-state index in [0.717, 1.165) is 25.0 Å². The van der Waals surface area contributed by atoms with Crippen molar-refractivity contribution in [3.05, 3.63) is 42.1 Å². The van der Waals surface area contributed by atoms with Crippen molar-refractivity contribution < 1.29 is 17.9 Å². The molecule has 0 saturated heterocycles. The van der Waals surface area contributed by atoms with Gasteiger partial charge < -0.3 is 4.74 Å². The van der Waals surface area contributed by atoms with E-state index >= 15 is 0 Å². The summed E-state index contributed by atoms with van der Waals surface area (Å²) < 4.78 is 43.5. The Hall–Kier alpha value is -2.11. The van der Waals surface area contributed by atoms with Crippen molar-refractivity contribution in [1.29, 1.82) is 0 Å². The van der Waals surface area contributed by atoms with E-state index < -0.39 is 11.7 Å². The fourth-order valence-electron chi connectivity index (χ4n) is 1.72. The lowest BCUT2D eigenvalue weighted by Gasteiger charge is -2.09. The number of rotatable bonds is 5. The van der Waals surface area contributed by atoms with E-state index in [9.17, 15) is 13.2 Å². The van der Waals surface area contributed by atoms with Gasteiger partial charge in [-0.3, -0.25) is 0 Å². The number of unbranched alkanes of at least 4 members (excludes halogenated alkanes) is 1. The summed E-state index contributed by atoms with van der Waals surface area (Å²) >= 11 is 0. The van der Waals surface area contributed by atoms with Crippen molar-refractivity contribution in [1.82, 2.24) is 9.97 Å². The molecule has 2 rings (SSSR count). The average Bonchev–Trinajstić information content (AvgIpc) is 2.47. The van der Waals surface area contributed by atoms with Gasteiger partial charge in [0.25, 0.3) is 0 Å². The first-order chi connectivity index (χ1) is 10.0. The van der Waals surface area contributed by atoms with Crippen molar-refractivity contribution in [2.75, 3.05) is 6.61 Å². The lowest BCUT2D eigenvalue weighted by atomic mass is 10.1. The molecule has 0 saturated carbocycles. The molecule has 0 atom stereocenters. The summed E-state index contributed by atoms with van der Waals surface area (Å²) in [5.74, 6) is 0.584. The number of hydrogen-bond acceptors (Lipinski definition) is 3. The number of hydrogen-bond donors (Lipinski definition) is 0. The monoisotopic (exact) mass is 296 g/mol. The molecule has 1 heterocycles. The first-order valence-corrected chi connectivity index (χ1v) is 6.64. The zero-order valence-corrected chi connectivity index (χ0v) is 11.5. The van der Waals surface area contributed by atoms with Gasteiger partial charge in [-0.15, -0.1) is 0 Å². The summed E-state index contributed by atoms with van der Waals surface area (Å²) in [6, 6.07) is 6.52. The Labute approximate surface area is 120 Å². The van der Waals surface area contributed by atoms with E-state index in [1.54, 1.807) is 12.1 Å². The number of aromatic nitrogens is 2. The van der Waals surface area contributed by atoms with Gasteiger partial charge in [-0.1, -0.05) is 25.5 Å². The van der Waals surface area contributed by atoms with E-state index in [1.165, 1.54) is 12.3 Å². The van der Waals surface area contributed by atoms with Gasteiger partial charge >= 0.3 is 6.18 Å². The second-order valence-corrected chi connectivity index (χ2v) is 4.50. The highest BCUT2D eigenvalue weighted by atomic mass is 19.4.